The van der Waals surface area contributed by atoms with Crippen LogP contribution in [0.5, 0.6) is 11.5 Å². The Labute approximate surface area is 253 Å². The fraction of sp³-hybridized carbons (Fsp3) is 0.382. The quantitative estimate of drug-likeness (QED) is 0.272. The number of ether oxygens (including phenoxy) is 2. The molecule has 0 heterocycles. The Bertz CT molecular complexity index is 1410. The number of phenols is 1. The molecule has 1 saturated carbocycles. The Balaban J connectivity index is 1.73. The molecule has 9 nitrogen and oxygen atoms in total. The SMILES string of the molecule is COc1ccc(NC(=O)C(c2cccc(C)c2)N(C(=O)C(Cc2ccc(O)cc2)NC(=O)OC(C)(C)C)C2CCC2)cc1. The molecule has 2 unspecified atom stereocenters. The molecule has 43 heavy (non-hydrogen) atoms. The zero-order valence-electron chi connectivity index (χ0n) is 25.4. The predicted octanol–water partition coefficient (Wildman–Crippen LogP) is 5.91. The van der Waals surface area contributed by atoms with Gasteiger partial charge in [-0.3, -0.25) is 9.59 Å². The second kappa shape index (κ2) is 13.6. The molecule has 9 heteroatoms. The van der Waals surface area contributed by atoms with Gasteiger partial charge in [-0.2, -0.15) is 0 Å². The fourth-order valence-electron chi connectivity index (χ4n) is 5.04. The highest BCUT2D eigenvalue weighted by Crippen LogP contribution is 2.35. The third-order valence-corrected chi connectivity index (χ3v) is 7.33. The molecule has 0 aliphatic heterocycles. The molecule has 0 radical (unpaired) electrons. The topological polar surface area (TPSA) is 117 Å². The van der Waals surface area contributed by atoms with Crippen molar-refractivity contribution in [2.24, 2.45) is 0 Å². The molecule has 0 bridgehead atoms. The Hall–Kier alpha value is -4.53. The van der Waals surface area contributed by atoms with Crippen LogP contribution in [0.3, 0.4) is 0 Å². The fourth-order valence-corrected chi connectivity index (χ4v) is 5.04. The number of anilines is 1. The summed E-state index contributed by atoms with van der Waals surface area (Å²) >= 11 is 0. The number of aryl methyl sites for hydroxylation is 1. The highest BCUT2D eigenvalue weighted by molar-refractivity contribution is 5.99. The molecule has 1 aliphatic carbocycles. The lowest BCUT2D eigenvalue weighted by atomic mass is 9.87. The van der Waals surface area contributed by atoms with Gasteiger partial charge in [0.05, 0.1) is 7.11 Å². The normalized spacial score (nSPS) is 14.5. The minimum Gasteiger partial charge on any atom is -0.508 e. The van der Waals surface area contributed by atoms with E-state index in [1.807, 2.05) is 31.2 Å². The van der Waals surface area contributed by atoms with Crippen LogP contribution in [-0.4, -0.2) is 52.7 Å². The van der Waals surface area contributed by atoms with Crippen molar-refractivity contribution >= 4 is 23.6 Å². The van der Waals surface area contributed by atoms with Crippen LogP contribution in [0.2, 0.25) is 0 Å². The molecule has 1 aliphatic rings. The number of phenolic OH excluding ortho intramolecular Hbond substituents is 1. The summed E-state index contributed by atoms with van der Waals surface area (Å²) in [7, 11) is 1.57. The largest absolute Gasteiger partial charge is 0.508 e. The van der Waals surface area contributed by atoms with Crippen molar-refractivity contribution in [3.05, 3.63) is 89.5 Å². The first-order chi connectivity index (χ1) is 20.4. The van der Waals surface area contributed by atoms with E-state index < -0.39 is 23.8 Å². The number of hydrogen-bond donors (Lipinski definition) is 3. The molecule has 0 aromatic heterocycles. The maximum atomic E-state index is 14.6. The lowest BCUT2D eigenvalue weighted by Gasteiger charge is -2.43. The molecule has 0 spiro atoms. The maximum Gasteiger partial charge on any atom is 0.408 e. The molecule has 3 N–H and O–H groups in total. The highest BCUT2D eigenvalue weighted by atomic mass is 16.6. The van der Waals surface area contributed by atoms with E-state index in [1.165, 1.54) is 12.1 Å². The summed E-state index contributed by atoms with van der Waals surface area (Å²) in [6.07, 6.45) is 1.82. The van der Waals surface area contributed by atoms with Crippen LogP contribution in [0.25, 0.3) is 0 Å². The van der Waals surface area contributed by atoms with Gasteiger partial charge in [0, 0.05) is 18.2 Å². The Morgan fingerprint density at radius 3 is 2.23 bits per heavy atom. The second-order valence-electron chi connectivity index (χ2n) is 11.9. The van der Waals surface area contributed by atoms with Crippen LogP contribution in [0.15, 0.2) is 72.8 Å². The van der Waals surface area contributed by atoms with Crippen molar-refractivity contribution < 1.29 is 29.0 Å². The number of alkyl carbamates (subject to hydrolysis) is 1. The van der Waals surface area contributed by atoms with Gasteiger partial charge in [-0.1, -0.05) is 42.0 Å². The molecule has 4 rings (SSSR count). The Kier molecular flexibility index (Phi) is 9.95. The summed E-state index contributed by atoms with van der Waals surface area (Å²) < 4.78 is 10.8. The number of amides is 3. The molecule has 1 fully saturated rings. The molecule has 228 valence electrons. The summed E-state index contributed by atoms with van der Waals surface area (Å²) in [6, 6.07) is 18.9. The number of benzene rings is 3. The van der Waals surface area contributed by atoms with Crippen molar-refractivity contribution in [2.75, 3.05) is 12.4 Å². The number of carbonyl (C=O) groups excluding carboxylic acids is 3. The van der Waals surface area contributed by atoms with E-state index in [-0.39, 0.29) is 30.0 Å². The zero-order chi connectivity index (χ0) is 31.1. The Morgan fingerprint density at radius 1 is 1.00 bits per heavy atom. The van der Waals surface area contributed by atoms with Gasteiger partial charge < -0.3 is 30.1 Å². The van der Waals surface area contributed by atoms with E-state index in [4.69, 9.17) is 9.47 Å². The monoisotopic (exact) mass is 587 g/mol. The van der Waals surface area contributed by atoms with Gasteiger partial charge >= 0.3 is 6.09 Å². The van der Waals surface area contributed by atoms with Gasteiger partial charge in [0.15, 0.2) is 0 Å². The number of aromatic hydroxyl groups is 1. The number of hydrogen-bond acceptors (Lipinski definition) is 6. The lowest BCUT2D eigenvalue weighted by molar-refractivity contribution is -0.145. The van der Waals surface area contributed by atoms with E-state index >= 15 is 0 Å². The van der Waals surface area contributed by atoms with E-state index in [1.54, 1.807) is 69.2 Å². The summed E-state index contributed by atoms with van der Waals surface area (Å²) in [6.45, 7) is 7.19. The third-order valence-electron chi connectivity index (χ3n) is 7.33. The van der Waals surface area contributed by atoms with E-state index in [2.05, 4.69) is 10.6 Å². The van der Waals surface area contributed by atoms with E-state index in [0.717, 1.165) is 30.4 Å². The van der Waals surface area contributed by atoms with Crippen LogP contribution in [0.4, 0.5) is 10.5 Å². The third kappa shape index (κ3) is 8.50. The first-order valence-electron chi connectivity index (χ1n) is 14.5. The van der Waals surface area contributed by atoms with Crippen LogP contribution < -0.4 is 15.4 Å². The molecule has 3 aromatic carbocycles. The minimum atomic E-state index is -1.03. The second-order valence-corrected chi connectivity index (χ2v) is 11.9. The zero-order valence-corrected chi connectivity index (χ0v) is 25.4. The van der Waals surface area contributed by atoms with Crippen molar-refractivity contribution in [2.45, 2.75) is 77.1 Å². The number of nitrogens with zero attached hydrogens (tertiary/aromatic N) is 1. The smallest absolute Gasteiger partial charge is 0.408 e. The van der Waals surface area contributed by atoms with Crippen LogP contribution in [0, 0.1) is 6.92 Å². The van der Waals surface area contributed by atoms with Gasteiger partial charge in [0.25, 0.3) is 5.91 Å². The molecule has 3 amide bonds. The van der Waals surface area contributed by atoms with Crippen molar-refractivity contribution in [3.63, 3.8) is 0 Å². The van der Waals surface area contributed by atoms with Gasteiger partial charge in [-0.15, -0.1) is 0 Å². The van der Waals surface area contributed by atoms with E-state index in [9.17, 15) is 19.5 Å². The number of nitrogens with one attached hydrogen (secondary N) is 2. The molecule has 2 atom stereocenters. The molecule has 0 saturated heterocycles. The first-order valence-corrected chi connectivity index (χ1v) is 14.5. The summed E-state index contributed by atoms with van der Waals surface area (Å²) in [5.74, 6) is -0.000906. The average Bonchev–Trinajstić information content (AvgIpc) is 2.91. The number of carbonyl (C=O) groups is 3. The maximum absolute atomic E-state index is 14.6. The van der Waals surface area contributed by atoms with E-state index in [0.29, 0.717) is 17.0 Å². The lowest BCUT2D eigenvalue weighted by Crippen LogP contribution is -2.57. The summed E-state index contributed by atoms with van der Waals surface area (Å²) in [5.41, 5.74) is 2.15. The summed E-state index contributed by atoms with van der Waals surface area (Å²) in [5, 5.41) is 15.6. The summed E-state index contributed by atoms with van der Waals surface area (Å²) in [4.78, 5) is 43.3. The van der Waals surface area contributed by atoms with Gasteiger partial charge in [-0.05, 0) is 94.5 Å². The van der Waals surface area contributed by atoms with Crippen LogP contribution >= 0.6 is 0 Å². The van der Waals surface area contributed by atoms with Crippen LogP contribution in [-0.2, 0) is 20.7 Å². The average molecular weight is 588 g/mol. The Morgan fingerprint density at radius 2 is 1.67 bits per heavy atom. The highest BCUT2D eigenvalue weighted by Gasteiger charge is 2.42. The van der Waals surface area contributed by atoms with Gasteiger partial charge in [0.1, 0.15) is 29.2 Å². The molecular formula is C34H41N3O6. The minimum absolute atomic E-state index is 0.0949. The number of methoxy groups -OCH3 is 1. The van der Waals surface area contributed by atoms with Crippen molar-refractivity contribution in [1.29, 1.82) is 0 Å². The molecular weight excluding hydrogens is 546 g/mol. The molecule has 3 aromatic rings. The standard InChI is InChI=1S/C34H41N3O6/c1-22-8-6-9-24(20-22)30(31(39)35-25-14-18-28(42-5)19-15-25)37(26-10-7-11-26)32(40)29(36-33(41)43-34(2,3)4)21-23-12-16-27(38)17-13-23/h6,8-9,12-20,26,29-30,38H,7,10-11,21H2,1-5H3,(H,35,39)(H,36,41). The first kappa shape index (κ1) is 31.4. The van der Waals surface area contributed by atoms with Crippen molar-refractivity contribution in [1.82, 2.24) is 10.2 Å². The van der Waals surface area contributed by atoms with Gasteiger partial charge in [-0.25, -0.2) is 4.79 Å². The van der Waals surface area contributed by atoms with Crippen LogP contribution in [0.1, 0.15) is 62.8 Å². The predicted molar refractivity (Wildman–Crippen MR) is 165 cm³/mol. The number of rotatable bonds is 10. The van der Waals surface area contributed by atoms with Crippen molar-refractivity contribution in [3.8, 4) is 11.5 Å². The van der Waals surface area contributed by atoms with Gasteiger partial charge in [0.2, 0.25) is 5.91 Å².